The molecule has 2 aliphatic rings. The van der Waals surface area contributed by atoms with E-state index in [0.29, 0.717) is 11.6 Å². The Hall–Kier alpha value is -2.68. The predicted molar refractivity (Wildman–Crippen MR) is 99.6 cm³/mol. The van der Waals surface area contributed by atoms with Crippen LogP contribution in [0.5, 0.6) is 0 Å². The number of pyridine rings is 2. The first kappa shape index (κ1) is 16.8. The molecule has 2 amide bonds. The van der Waals surface area contributed by atoms with Crippen molar-refractivity contribution < 1.29 is 14.3 Å². The van der Waals surface area contributed by atoms with Gasteiger partial charge in [0.25, 0.3) is 0 Å². The molecule has 1 saturated heterocycles. The maximum atomic E-state index is 12.9. The van der Waals surface area contributed by atoms with E-state index in [1.807, 2.05) is 6.07 Å². The highest BCUT2D eigenvalue weighted by molar-refractivity contribution is 9.10. The maximum Gasteiger partial charge on any atom is 0.356 e. The minimum absolute atomic E-state index is 0.00153. The van der Waals surface area contributed by atoms with Gasteiger partial charge in [-0.15, -0.1) is 0 Å². The van der Waals surface area contributed by atoms with Gasteiger partial charge in [-0.1, -0.05) is 0 Å². The molecule has 0 radical (unpaired) electrons. The van der Waals surface area contributed by atoms with Crippen molar-refractivity contribution >= 4 is 45.3 Å². The number of hydrogen-bond donors (Lipinski definition) is 1. The zero-order valence-electron chi connectivity index (χ0n) is 14.0. The number of aromatic nitrogens is 2. The Labute approximate surface area is 158 Å². The van der Waals surface area contributed by atoms with Crippen LogP contribution >= 0.6 is 15.9 Å². The Balaban J connectivity index is 1.68. The smallest absolute Gasteiger partial charge is 0.356 e. The molecule has 0 spiro atoms. The molecule has 1 fully saturated rings. The van der Waals surface area contributed by atoms with Crippen LogP contribution in [0.3, 0.4) is 0 Å². The van der Waals surface area contributed by atoms with Crippen molar-refractivity contribution in [3.8, 4) is 0 Å². The lowest BCUT2D eigenvalue weighted by atomic mass is 10.2. The van der Waals surface area contributed by atoms with Gasteiger partial charge >= 0.3 is 12.0 Å². The summed E-state index contributed by atoms with van der Waals surface area (Å²) in [4.78, 5) is 37.2. The monoisotopic (exact) mass is 417 g/mol. The molecule has 9 heteroatoms. The third-order valence-electron chi connectivity index (χ3n) is 4.53. The van der Waals surface area contributed by atoms with E-state index in [9.17, 15) is 9.59 Å². The van der Waals surface area contributed by atoms with Gasteiger partial charge in [0.2, 0.25) is 0 Å². The molecule has 2 aromatic rings. The summed E-state index contributed by atoms with van der Waals surface area (Å²) >= 11 is 3.32. The molecule has 2 bridgehead atoms. The van der Waals surface area contributed by atoms with Gasteiger partial charge in [0.15, 0.2) is 11.5 Å². The van der Waals surface area contributed by atoms with Crippen LogP contribution in [0.25, 0.3) is 0 Å². The summed E-state index contributed by atoms with van der Waals surface area (Å²) in [6, 6.07) is 6.63. The molecule has 4 rings (SSSR count). The lowest BCUT2D eigenvalue weighted by molar-refractivity contribution is 0.0594. The van der Waals surface area contributed by atoms with E-state index in [-0.39, 0.29) is 17.8 Å². The van der Waals surface area contributed by atoms with E-state index in [1.54, 1.807) is 29.3 Å². The fourth-order valence-electron chi connectivity index (χ4n) is 3.31. The molecule has 134 valence electrons. The predicted octanol–water partition coefficient (Wildman–Crippen LogP) is 2.66. The average Bonchev–Trinajstić information content (AvgIpc) is 3.07. The number of amides is 2. The van der Waals surface area contributed by atoms with Crippen molar-refractivity contribution in [3.05, 3.63) is 40.6 Å². The van der Waals surface area contributed by atoms with Crippen molar-refractivity contribution in [1.82, 2.24) is 9.97 Å². The van der Waals surface area contributed by atoms with Gasteiger partial charge in [0.1, 0.15) is 5.82 Å². The summed E-state index contributed by atoms with van der Waals surface area (Å²) in [5.41, 5.74) is 1.01. The summed E-state index contributed by atoms with van der Waals surface area (Å²) in [5.74, 6) is 0.385. The molecule has 8 nitrogen and oxygen atoms in total. The van der Waals surface area contributed by atoms with Crippen LogP contribution in [0.4, 0.5) is 22.1 Å². The standard InChI is InChI=1S/C17H16BrN5O3/c1-26-16(24)12-3-4-13-15(20-12)23(11-6-7-22(13)9-11)17(25)21-14-5-2-10(18)8-19-14/h2-5,8,11H,6-7,9H2,1H3,(H,19,21,25)/t11-/m0/s1. The van der Waals surface area contributed by atoms with Crippen LogP contribution in [0, 0.1) is 0 Å². The number of rotatable bonds is 2. The zero-order chi connectivity index (χ0) is 18.3. The van der Waals surface area contributed by atoms with Crippen LogP contribution in [-0.2, 0) is 4.74 Å². The van der Waals surface area contributed by atoms with Gasteiger partial charge in [-0.25, -0.2) is 19.6 Å². The summed E-state index contributed by atoms with van der Waals surface area (Å²) in [6.45, 7) is 1.59. The molecule has 1 atom stereocenters. The number of hydrogen-bond acceptors (Lipinski definition) is 6. The van der Waals surface area contributed by atoms with E-state index >= 15 is 0 Å². The first-order chi connectivity index (χ1) is 12.6. The fourth-order valence-corrected chi connectivity index (χ4v) is 3.54. The number of anilines is 3. The number of fused-ring (bicyclic) bond motifs is 4. The second-order valence-corrected chi connectivity index (χ2v) is 7.00. The molecule has 0 aliphatic carbocycles. The van der Waals surface area contributed by atoms with E-state index in [2.05, 4.69) is 36.1 Å². The highest BCUT2D eigenvalue weighted by Crippen LogP contribution is 2.39. The molecule has 0 saturated carbocycles. The molecule has 1 N–H and O–H groups in total. The second-order valence-electron chi connectivity index (χ2n) is 6.08. The van der Waals surface area contributed by atoms with Crippen LogP contribution in [0.1, 0.15) is 16.9 Å². The first-order valence-electron chi connectivity index (χ1n) is 8.13. The maximum absolute atomic E-state index is 12.9. The number of ether oxygens (including phenoxy) is 1. The Bertz CT molecular complexity index is 873. The van der Waals surface area contributed by atoms with Crippen LogP contribution in [0.2, 0.25) is 0 Å². The van der Waals surface area contributed by atoms with Gasteiger partial charge in [-0.3, -0.25) is 10.2 Å². The van der Waals surface area contributed by atoms with Crippen molar-refractivity contribution in [3.63, 3.8) is 0 Å². The van der Waals surface area contributed by atoms with Crippen LogP contribution in [-0.4, -0.2) is 48.2 Å². The lowest BCUT2D eigenvalue weighted by Gasteiger charge is -2.35. The van der Waals surface area contributed by atoms with E-state index in [1.165, 1.54) is 7.11 Å². The third kappa shape index (κ3) is 2.88. The highest BCUT2D eigenvalue weighted by Gasteiger charge is 2.40. The summed E-state index contributed by atoms with van der Waals surface area (Å²) in [7, 11) is 1.31. The number of halogens is 1. The molecule has 2 aliphatic heterocycles. The first-order valence-corrected chi connectivity index (χ1v) is 8.92. The molecule has 26 heavy (non-hydrogen) atoms. The number of methoxy groups -OCH3 is 1. The average molecular weight is 418 g/mol. The van der Waals surface area contributed by atoms with Crippen molar-refractivity contribution in [1.29, 1.82) is 0 Å². The molecular formula is C17H16BrN5O3. The van der Waals surface area contributed by atoms with Crippen LogP contribution < -0.4 is 15.1 Å². The van der Waals surface area contributed by atoms with E-state index in [4.69, 9.17) is 4.74 Å². The minimum atomic E-state index is -0.532. The van der Waals surface area contributed by atoms with Crippen molar-refractivity contribution in [2.24, 2.45) is 0 Å². The summed E-state index contributed by atoms with van der Waals surface area (Å²) in [5, 5.41) is 2.81. The number of nitrogens with zero attached hydrogens (tertiary/aromatic N) is 4. The number of urea groups is 1. The lowest BCUT2D eigenvalue weighted by Crippen LogP contribution is -2.48. The molecule has 4 heterocycles. The fraction of sp³-hybridized carbons (Fsp3) is 0.294. The Morgan fingerprint density at radius 3 is 2.88 bits per heavy atom. The SMILES string of the molecule is COC(=O)c1ccc2c(n1)N(C(=O)Nc1ccc(Br)cn1)[C@H]1CCN2C1. The minimum Gasteiger partial charge on any atom is -0.464 e. The second kappa shape index (κ2) is 6.56. The zero-order valence-corrected chi connectivity index (χ0v) is 15.6. The number of carbonyl (C=O) groups is 2. The van der Waals surface area contributed by atoms with Gasteiger partial charge in [0.05, 0.1) is 18.8 Å². The summed E-state index contributed by atoms with van der Waals surface area (Å²) < 4.78 is 5.58. The Kier molecular flexibility index (Phi) is 4.23. The molecule has 0 aromatic carbocycles. The Morgan fingerprint density at radius 1 is 1.31 bits per heavy atom. The van der Waals surface area contributed by atoms with E-state index in [0.717, 1.165) is 29.7 Å². The number of carbonyl (C=O) groups excluding carboxylic acids is 2. The van der Waals surface area contributed by atoms with Crippen molar-refractivity contribution in [2.45, 2.75) is 12.5 Å². The van der Waals surface area contributed by atoms with Gasteiger partial charge in [-0.05, 0) is 46.6 Å². The van der Waals surface area contributed by atoms with E-state index < -0.39 is 5.97 Å². The summed E-state index contributed by atoms with van der Waals surface area (Å²) in [6.07, 6.45) is 2.45. The van der Waals surface area contributed by atoms with Gasteiger partial charge in [-0.2, -0.15) is 0 Å². The number of nitrogens with one attached hydrogen (secondary N) is 1. The third-order valence-corrected chi connectivity index (χ3v) is 5.00. The largest absolute Gasteiger partial charge is 0.464 e. The number of esters is 1. The normalized spacial score (nSPS) is 17.7. The van der Waals surface area contributed by atoms with Gasteiger partial charge in [0, 0.05) is 23.8 Å². The Morgan fingerprint density at radius 2 is 2.15 bits per heavy atom. The molecule has 2 aromatic heterocycles. The topological polar surface area (TPSA) is 87.7 Å². The quantitative estimate of drug-likeness (QED) is 0.755. The van der Waals surface area contributed by atoms with Crippen LogP contribution in [0.15, 0.2) is 34.9 Å². The van der Waals surface area contributed by atoms with Gasteiger partial charge < -0.3 is 9.64 Å². The highest BCUT2D eigenvalue weighted by atomic mass is 79.9. The van der Waals surface area contributed by atoms with Crippen molar-refractivity contribution in [2.75, 3.05) is 35.3 Å². The molecule has 0 unspecified atom stereocenters. The molecular weight excluding hydrogens is 402 g/mol.